The lowest BCUT2D eigenvalue weighted by atomic mass is 10.0. The Balaban J connectivity index is 4.01. The van der Waals surface area contributed by atoms with E-state index in [4.69, 9.17) is 0 Å². The highest BCUT2D eigenvalue weighted by atomic mass is 32.2. The molecule has 0 aromatic carbocycles. The highest BCUT2D eigenvalue weighted by molar-refractivity contribution is 7.85. The van der Waals surface area contributed by atoms with Crippen LogP contribution in [-0.4, -0.2) is 53.1 Å². The van der Waals surface area contributed by atoms with Crippen molar-refractivity contribution in [2.75, 3.05) is 5.75 Å². The fourth-order valence-electron chi connectivity index (χ4n) is 5.61. The van der Waals surface area contributed by atoms with Gasteiger partial charge in [0.05, 0.1) is 17.9 Å². The van der Waals surface area contributed by atoms with Gasteiger partial charge in [0.15, 0.2) is 0 Å². The first-order valence-corrected chi connectivity index (χ1v) is 21.1. The number of hydrogen-bond donors (Lipinski definition) is 4. The second-order valence-corrected chi connectivity index (χ2v) is 14.8. The molecule has 8 heteroatoms. The molecule has 7 nitrogen and oxygen atoms in total. The van der Waals surface area contributed by atoms with Crippen LogP contribution >= 0.6 is 0 Å². The SMILES string of the molecule is CC/C=C/CC/C=C/CC/C=C/C(O)C(CS(=O)(=O)O)NC(=O)C(O)CCCCCCCC/C=C\CCCCCCCCCCCCC. The number of amides is 1. The Labute approximate surface area is 295 Å². The van der Waals surface area contributed by atoms with Gasteiger partial charge in [0.25, 0.3) is 10.1 Å². The Kier molecular flexibility index (Phi) is 32.5. The van der Waals surface area contributed by atoms with E-state index in [2.05, 4.69) is 55.6 Å². The van der Waals surface area contributed by atoms with E-state index in [0.717, 1.165) is 51.4 Å². The molecule has 0 aliphatic heterocycles. The van der Waals surface area contributed by atoms with Gasteiger partial charge in [-0.1, -0.05) is 159 Å². The lowest BCUT2D eigenvalue weighted by Gasteiger charge is -2.22. The van der Waals surface area contributed by atoms with E-state index in [1.165, 1.54) is 96.0 Å². The summed E-state index contributed by atoms with van der Waals surface area (Å²) in [5.41, 5.74) is 0. The molecule has 3 atom stereocenters. The molecule has 0 fully saturated rings. The molecule has 0 spiro atoms. The molecule has 48 heavy (non-hydrogen) atoms. The highest BCUT2D eigenvalue weighted by Crippen LogP contribution is 2.14. The molecular weight excluding hydrogens is 623 g/mol. The van der Waals surface area contributed by atoms with Gasteiger partial charge in [-0.2, -0.15) is 8.42 Å². The van der Waals surface area contributed by atoms with Crippen molar-refractivity contribution < 1.29 is 28.0 Å². The van der Waals surface area contributed by atoms with Crippen LogP contribution in [0, 0.1) is 0 Å². The number of aliphatic hydroxyl groups excluding tert-OH is 2. The van der Waals surface area contributed by atoms with Crippen molar-refractivity contribution >= 4 is 16.0 Å². The molecule has 0 saturated heterocycles. The minimum absolute atomic E-state index is 0.263. The number of allylic oxidation sites excluding steroid dienone is 7. The largest absolute Gasteiger partial charge is 0.387 e. The van der Waals surface area contributed by atoms with Crippen LogP contribution in [-0.2, 0) is 14.9 Å². The Hall–Kier alpha value is -1.74. The lowest BCUT2D eigenvalue weighted by molar-refractivity contribution is -0.130. The maximum absolute atomic E-state index is 12.5. The number of rotatable bonds is 34. The van der Waals surface area contributed by atoms with Crippen LogP contribution in [0.4, 0.5) is 0 Å². The molecule has 0 bridgehead atoms. The third-order valence-electron chi connectivity index (χ3n) is 8.57. The van der Waals surface area contributed by atoms with Gasteiger partial charge >= 0.3 is 0 Å². The number of unbranched alkanes of at least 4 members (excludes halogenated alkanes) is 19. The number of nitrogens with one attached hydrogen (secondary N) is 1. The average Bonchev–Trinajstić information content (AvgIpc) is 3.05. The predicted molar refractivity (Wildman–Crippen MR) is 204 cm³/mol. The molecule has 0 aromatic rings. The van der Waals surface area contributed by atoms with E-state index in [-0.39, 0.29) is 6.42 Å². The smallest absolute Gasteiger partial charge is 0.267 e. The molecule has 0 aromatic heterocycles. The van der Waals surface area contributed by atoms with Crippen LogP contribution < -0.4 is 5.32 Å². The van der Waals surface area contributed by atoms with Crippen LogP contribution in [0.25, 0.3) is 0 Å². The van der Waals surface area contributed by atoms with Crippen molar-refractivity contribution in [3.05, 3.63) is 48.6 Å². The van der Waals surface area contributed by atoms with Gasteiger partial charge in [0.1, 0.15) is 6.10 Å². The Bertz CT molecular complexity index is 959. The van der Waals surface area contributed by atoms with E-state index >= 15 is 0 Å². The summed E-state index contributed by atoms with van der Waals surface area (Å²) in [7, 11) is -4.45. The van der Waals surface area contributed by atoms with E-state index in [1.807, 2.05) is 0 Å². The molecule has 0 aliphatic carbocycles. The standard InChI is InChI=1S/C40H73NO6S/c1-3-5-7-9-11-13-15-16-17-18-19-20-21-22-23-24-25-27-29-31-33-35-39(43)40(44)41-37(36-48(45,46)47)38(42)34-32-30-28-26-14-12-10-8-6-4-2/h6,8,14,21-22,26,32,34,37-39,42-43H,3-5,7,9-13,15-20,23-25,27-31,33,35-36H2,1-2H3,(H,41,44)(H,45,46,47)/b8-6+,22-21-,26-14+,34-32+. The summed E-state index contributed by atoms with van der Waals surface area (Å²) in [6.07, 6.45) is 41.9. The van der Waals surface area contributed by atoms with Crippen molar-refractivity contribution in [1.82, 2.24) is 5.32 Å². The van der Waals surface area contributed by atoms with Crippen molar-refractivity contribution in [2.24, 2.45) is 0 Å². The Morgan fingerprint density at radius 1 is 0.583 bits per heavy atom. The molecule has 0 saturated carbocycles. The van der Waals surface area contributed by atoms with Gasteiger partial charge in [0, 0.05) is 0 Å². The van der Waals surface area contributed by atoms with E-state index in [9.17, 15) is 28.0 Å². The molecule has 0 radical (unpaired) electrons. The molecule has 3 unspecified atom stereocenters. The van der Waals surface area contributed by atoms with Crippen molar-refractivity contribution in [3.8, 4) is 0 Å². The first kappa shape index (κ1) is 46.3. The zero-order chi connectivity index (χ0) is 35.6. The van der Waals surface area contributed by atoms with Crippen LogP contribution in [0.2, 0.25) is 0 Å². The molecule has 0 rings (SSSR count). The van der Waals surface area contributed by atoms with Gasteiger partial charge in [-0.05, 0) is 64.2 Å². The van der Waals surface area contributed by atoms with E-state index in [0.29, 0.717) is 12.8 Å². The molecule has 0 aliphatic rings. The van der Waals surface area contributed by atoms with Gasteiger partial charge in [-0.15, -0.1) is 0 Å². The maximum Gasteiger partial charge on any atom is 0.267 e. The van der Waals surface area contributed by atoms with Crippen molar-refractivity contribution in [2.45, 2.75) is 193 Å². The molecule has 280 valence electrons. The van der Waals surface area contributed by atoms with Gasteiger partial charge < -0.3 is 15.5 Å². The fraction of sp³-hybridized carbons (Fsp3) is 0.775. The number of aliphatic hydroxyl groups is 2. The monoisotopic (exact) mass is 696 g/mol. The van der Waals surface area contributed by atoms with E-state index in [1.54, 1.807) is 6.08 Å². The highest BCUT2D eigenvalue weighted by Gasteiger charge is 2.27. The van der Waals surface area contributed by atoms with E-state index < -0.39 is 40.0 Å². The number of carbonyl (C=O) groups is 1. The second kappa shape index (κ2) is 33.7. The second-order valence-electron chi connectivity index (χ2n) is 13.3. The quantitative estimate of drug-likeness (QED) is 0.0302. The van der Waals surface area contributed by atoms with Crippen LogP contribution in [0.1, 0.15) is 174 Å². The topological polar surface area (TPSA) is 124 Å². The molecule has 0 heterocycles. The first-order chi connectivity index (χ1) is 23.2. The Morgan fingerprint density at radius 3 is 1.48 bits per heavy atom. The Morgan fingerprint density at radius 2 is 1.00 bits per heavy atom. The summed E-state index contributed by atoms with van der Waals surface area (Å²) >= 11 is 0. The first-order valence-electron chi connectivity index (χ1n) is 19.4. The summed E-state index contributed by atoms with van der Waals surface area (Å²) in [4.78, 5) is 12.5. The lowest BCUT2D eigenvalue weighted by Crippen LogP contribution is -2.50. The van der Waals surface area contributed by atoms with Gasteiger partial charge in [-0.3, -0.25) is 9.35 Å². The minimum atomic E-state index is -4.45. The van der Waals surface area contributed by atoms with Crippen LogP contribution in [0.15, 0.2) is 48.6 Å². The zero-order valence-corrected chi connectivity index (χ0v) is 31.5. The summed E-state index contributed by atoms with van der Waals surface area (Å²) in [5.74, 6) is -1.58. The van der Waals surface area contributed by atoms with Gasteiger partial charge in [-0.25, -0.2) is 0 Å². The predicted octanol–water partition coefficient (Wildman–Crippen LogP) is 10.1. The molecular formula is C40H73NO6S. The normalized spacial score (nSPS) is 14.5. The third kappa shape index (κ3) is 32.8. The fourth-order valence-corrected chi connectivity index (χ4v) is 6.34. The number of carbonyl (C=O) groups excluding carboxylic acids is 1. The zero-order valence-electron chi connectivity index (χ0n) is 30.7. The van der Waals surface area contributed by atoms with Crippen LogP contribution in [0.5, 0.6) is 0 Å². The molecule has 4 N–H and O–H groups in total. The average molecular weight is 696 g/mol. The summed E-state index contributed by atoms with van der Waals surface area (Å²) < 4.78 is 32.3. The minimum Gasteiger partial charge on any atom is -0.387 e. The van der Waals surface area contributed by atoms with Crippen molar-refractivity contribution in [1.29, 1.82) is 0 Å². The summed E-state index contributed by atoms with van der Waals surface area (Å²) in [6, 6.07) is -1.26. The maximum atomic E-state index is 12.5. The summed E-state index contributed by atoms with van der Waals surface area (Å²) in [5, 5.41) is 23.2. The summed E-state index contributed by atoms with van der Waals surface area (Å²) in [6.45, 7) is 4.37. The third-order valence-corrected chi connectivity index (χ3v) is 9.35. The number of hydrogen-bond acceptors (Lipinski definition) is 5. The van der Waals surface area contributed by atoms with Gasteiger partial charge in [0.2, 0.25) is 5.91 Å². The molecule has 1 amide bonds. The van der Waals surface area contributed by atoms with Crippen LogP contribution in [0.3, 0.4) is 0 Å². The van der Waals surface area contributed by atoms with Crippen molar-refractivity contribution in [3.63, 3.8) is 0 Å².